The molecule has 311 valence electrons. The van der Waals surface area contributed by atoms with Crippen LogP contribution in [0.3, 0.4) is 0 Å². The van der Waals surface area contributed by atoms with E-state index in [0.717, 1.165) is 45.3 Å². The van der Waals surface area contributed by atoms with Gasteiger partial charge in [0.15, 0.2) is 0 Å². The van der Waals surface area contributed by atoms with Gasteiger partial charge in [0.2, 0.25) is 0 Å². The van der Waals surface area contributed by atoms with Crippen LogP contribution < -0.4 is 5.19 Å². The molecule has 0 fully saturated rings. The normalized spacial score (nSPS) is 12.8. The standard InChI is InChI=1S/C36H35N2O.C18H24NSi.Ir/c1-35(2,3)22-24-11-20-33-29(21-24)30(23-39-33)34-37-31-9-7-8-10-32(31)38(34)28-18-14-26(15-19-28)25-12-16-27(17-13-25)36(4,5)6;1-14(2)11-16-12-17(15-9-7-6-8-10-15)19-13-18(16)20(3,4)5;/h7-21H,22H2,1-6H3;6-9,12-14H,11H2,1-5H3;/q2*-1;/i22D2;;. The van der Waals surface area contributed by atoms with Gasteiger partial charge in [0.1, 0.15) is 0 Å². The quantitative estimate of drug-likeness (QED) is 0.113. The first-order valence-corrected chi connectivity index (χ1v) is 24.3. The van der Waals surface area contributed by atoms with Crippen molar-refractivity contribution in [3.63, 3.8) is 0 Å². The molecule has 3 aromatic heterocycles. The molecule has 0 saturated heterocycles. The molecule has 8 aromatic rings. The molecule has 60 heavy (non-hydrogen) atoms. The second kappa shape index (κ2) is 18.0. The fraction of sp³-hybridized carbons (Fsp3) is 0.296. The van der Waals surface area contributed by atoms with Crippen molar-refractivity contribution in [3.8, 4) is 39.5 Å². The maximum absolute atomic E-state index is 8.82. The van der Waals surface area contributed by atoms with Gasteiger partial charge in [0.25, 0.3) is 0 Å². The van der Waals surface area contributed by atoms with E-state index in [1.54, 1.807) is 0 Å². The second-order valence-corrected chi connectivity index (χ2v) is 24.2. The van der Waals surface area contributed by atoms with E-state index in [0.29, 0.717) is 28.5 Å². The van der Waals surface area contributed by atoms with E-state index < -0.39 is 19.9 Å². The van der Waals surface area contributed by atoms with Crippen molar-refractivity contribution in [2.75, 3.05) is 0 Å². The van der Waals surface area contributed by atoms with Crippen LogP contribution in [0.2, 0.25) is 19.6 Å². The number of fused-ring (bicyclic) bond motifs is 2. The molecule has 0 atom stereocenters. The minimum Gasteiger partial charge on any atom is -0.557 e. The molecule has 0 N–H and O–H groups in total. The molecule has 0 bridgehead atoms. The zero-order chi connectivity index (χ0) is 43.9. The molecule has 0 spiro atoms. The van der Waals surface area contributed by atoms with Gasteiger partial charge in [-0.2, -0.15) is 0 Å². The molecule has 0 saturated carbocycles. The number of imidazole rings is 1. The van der Waals surface area contributed by atoms with Crippen LogP contribution in [0.1, 0.15) is 74.8 Å². The monoisotopic (exact) mass is 988 g/mol. The van der Waals surface area contributed by atoms with Crippen molar-refractivity contribution < 1.29 is 27.3 Å². The Kier molecular flexibility index (Phi) is 12.6. The van der Waals surface area contributed by atoms with Crippen molar-refractivity contribution in [1.29, 1.82) is 0 Å². The summed E-state index contributed by atoms with van der Waals surface area (Å²) in [6.45, 7) is 24.2. The van der Waals surface area contributed by atoms with Gasteiger partial charge >= 0.3 is 0 Å². The Morgan fingerprint density at radius 1 is 0.800 bits per heavy atom. The van der Waals surface area contributed by atoms with Crippen LogP contribution in [0.4, 0.5) is 0 Å². The fourth-order valence-corrected chi connectivity index (χ4v) is 9.14. The van der Waals surface area contributed by atoms with Gasteiger partial charge in [-0.05, 0) is 81.4 Å². The average Bonchev–Trinajstić information content (AvgIpc) is 3.81. The molecule has 6 heteroatoms. The third-order valence-corrected chi connectivity index (χ3v) is 12.5. The van der Waals surface area contributed by atoms with E-state index in [4.69, 9.17) is 12.1 Å². The van der Waals surface area contributed by atoms with Crippen LogP contribution in [0, 0.1) is 23.7 Å². The zero-order valence-corrected chi connectivity index (χ0v) is 40.4. The van der Waals surface area contributed by atoms with Crippen LogP contribution in [0.5, 0.6) is 0 Å². The van der Waals surface area contributed by atoms with E-state index >= 15 is 0 Å². The van der Waals surface area contributed by atoms with Crippen molar-refractivity contribution in [2.45, 2.75) is 93.2 Å². The Morgan fingerprint density at radius 3 is 2.08 bits per heavy atom. The molecule has 0 aliphatic rings. The number of pyridine rings is 1. The SMILES string of the molecule is CC(C)Cc1cc(-c2[c-]cccc2)ncc1[Si](C)(C)C.[2H]C([2H])(c1ccc2o[c-]c(-c3nc4ccccc4n3-c3ccc(-c4ccc(C(C)(C)C)cc4)cc3)c2c1)C(C)(C)C.[Ir]. The Balaban J connectivity index is 0.000000258. The predicted octanol–water partition coefficient (Wildman–Crippen LogP) is 14.1. The number of hydrogen-bond donors (Lipinski definition) is 0. The van der Waals surface area contributed by atoms with E-state index in [1.165, 1.54) is 21.9 Å². The number of hydrogen-bond acceptors (Lipinski definition) is 3. The molecule has 5 aromatic carbocycles. The van der Waals surface area contributed by atoms with Crippen LogP contribution in [-0.2, 0) is 38.3 Å². The van der Waals surface area contributed by atoms with Gasteiger partial charge in [-0.25, -0.2) is 0 Å². The van der Waals surface area contributed by atoms with E-state index in [-0.39, 0.29) is 25.5 Å². The topological polar surface area (TPSA) is 43.9 Å². The summed E-state index contributed by atoms with van der Waals surface area (Å²) in [6, 6.07) is 44.6. The van der Waals surface area contributed by atoms with Gasteiger partial charge in [0.05, 0.1) is 24.9 Å². The molecular formula is C54H59IrN3OSi-2. The van der Waals surface area contributed by atoms with Crippen LogP contribution in [0.15, 0.2) is 132 Å². The molecular weight excluding hydrogens is 927 g/mol. The van der Waals surface area contributed by atoms with E-state index in [9.17, 15) is 0 Å². The minimum absolute atomic E-state index is 0. The number of nitrogens with zero attached hydrogens (tertiary/aromatic N) is 3. The average molecular weight is 988 g/mol. The molecule has 0 aliphatic heterocycles. The molecule has 0 aliphatic carbocycles. The maximum Gasteiger partial charge on any atom is 0.0798 e. The first kappa shape index (κ1) is 41.8. The number of para-hydroxylation sites is 2. The summed E-state index contributed by atoms with van der Waals surface area (Å²) in [4.78, 5) is 9.70. The summed E-state index contributed by atoms with van der Waals surface area (Å²) in [5.74, 6) is 1.38. The summed E-state index contributed by atoms with van der Waals surface area (Å²) in [5, 5.41) is 2.29. The van der Waals surface area contributed by atoms with Gasteiger partial charge in [-0.15, -0.1) is 35.9 Å². The Morgan fingerprint density at radius 2 is 1.47 bits per heavy atom. The number of aromatic nitrogens is 3. The van der Waals surface area contributed by atoms with Crippen LogP contribution >= 0.6 is 0 Å². The smallest absolute Gasteiger partial charge is 0.0798 e. The molecule has 8 rings (SSSR count). The van der Waals surface area contributed by atoms with Crippen LogP contribution in [0.25, 0.3) is 61.5 Å². The number of benzene rings is 5. The molecule has 0 unspecified atom stereocenters. The number of furan rings is 1. The third kappa shape index (κ3) is 10.3. The third-order valence-electron chi connectivity index (χ3n) is 10.4. The van der Waals surface area contributed by atoms with E-state index in [1.807, 2.05) is 75.4 Å². The Labute approximate surface area is 375 Å². The van der Waals surface area contributed by atoms with Crippen LogP contribution in [-0.4, -0.2) is 22.6 Å². The van der Waals surface area contributed by atoms with Crippen molar-refractivity contribution in [3.05, 3.63) is 157 Å². The first-order chi connectivity index (χ1) is 28.7. The largest absolute Gasteiger partial charge is 0.557 e. The summed E-state index contributed by atoms with van der Waals surface area (Å²) < 4.78 is 25.6. The van der Waals surface area contributed by atoms with Gasteiger partial charge < -0.3 is 14.0 Å². The fourth-order valence-electron chi connectivity index (χ4n) is 7.55. The second-order valence-electron chi connectivity index (χ2n) is 19.1. The predicted molar refractivity (Wildman–Crippen MR) is 252 cm³/mol. The number of rotatable bonds is 8. The van der Waals surface area contributed by atoms with Crippen molar-refractivity contribution >= 4 is 35.3 Å². The molecule has 1 radical (unpaired) electrons. The van der Waals surface area contributed by atoms with Gasteiger partial charge in [-0.1, -0.05) is 170 Å². The van der Waals surface area contributed by atoms with Crippen molar-refractivity contribution in [1.82, 2.24) is 14.5 Å². The Bertz CT molecular complexity index is 2770. The summed E-state index contributed by atoms with van der Waals surface area (Å²) in [5.41, 5.74) is 11.6. The van der Waals surface area contributed by atoms with E-state index in [2.05, 4.69) is 149 Å². The summed E-state index contributed by atoms with van der Waals surface area (Å²) in [6.07, 6.45) is 4.80. The van der Waals surface area contributed by atoms with Gasteiger partial charge in [-0.3, -0.25) is 4.98 Å². The summed E-state index contributed by atoms with van der Waals surface area (Å²) in [7, 11) is -1.34. The summed E-state index contributed by atoms with van der Waals surface area (Å²) >= 11 is 0. The zero-order valence-electron chi connectivity index (χ0n) is 39.0. The minimum atomic E-state index is -1.53. The molecule has 3 heterocycles. The Hall–Kier alpha value is -4.87. The first-order valence-electron chi connectivity index (χ1n) is 21.8. The van der Waals surface area contributed by atoms with Crippen molar-refractivity contribution in [2.24, 2.45) is 11.3 Å². The maximum atomic E-state index is 8.82. The molecule has 4 nitrogen and oxygen atoms in total. The van der Waals surface area contributed by atoms with Gasteiger partial charge in [0, 0.05) is 46.6 Å². The molecule has 0 amide bonds.